The molecule has 0 bridgehead atoms. The summed E-state index contributed by atoms with van der Waals surface area (Å²) in [6.07, 6.45) is 1.64. The van der Waals surface area contributed by atoms with E-state index in [4.69, 9.17) is 28.6 Å². The third-order valence-corrected chi connectivity index (χ3v) is 5.00. The fourth-order valence-electron chi connectivity index (χ4n) is 2.22. The molecule has 0 atom stereocenters. The summed E-state index contributed by atoms with van der Waals surface area (Å²) in [6.45, 7) is -0.554. The van der Waals surface area contributed by atoms with Gasteiger partial charge in [0, 0.05) is 5.02 Å². The maximum atomic E-state index is 12.3. The van der Waals surface area contributed by atoms with Gasteiger partial charge >= 0.3 is 0 Å². The number of benzene rings is 2. The molecule has 0 aliphatic carbocycles. The van der Waals surface area contributed by atoms with Gasteiger partial charge in [-0.3, -0.25) is 9.69 Å². The predicted octanol–water partition coefficient (Wildman–Crippen LogP) is 3.08. The number of thiocarbonyl (C=S) groups is 1. The lowest BCUT2D eigenvalue weighted by Crippen LogP contribution is -2.40. The monoisotopic (exact) mass is 404 g/mol. The number of rotatable bonds is 5. The molecule has 1 aliphatic heterocycles. The first-order valence-electron chi connectivity index (χ1n) is 7.41. The average molecular weight is 405 g/mol. The number of halogens is 1. The first kappa shape index (κ1) is 18.4. The number of hydrogen-bond donors (Lipinski definition) is 0. The van der Waals surface area contributed by atoms with Crippen molar-refractivity contribution >= 4 is 57.9 Å². The van der Waals surface area contributed by atoms with Crippen molar-refractivity contribution < 1.29 is 19.4 Å². The quantitative estimate of drug-likeness (QED) is 0.563. The van der Waals surface area contributed by atoms with Crippen molar-refractivity contribution in [1.29, 1.82) is 0 Å². The van der Waals surface area contributed by atoms with E-state index in [9.17, 15) is 14.7 Å². The Kier molecular flexibility index (Phi) is 5.61. The Bertz CT molecular complexity index is 912. The Balaban J connectivity index is 1.79. The van der Waals surface area contributed by atoms with Crippen molar-refractivity contribution in [3.05, 3.63) is 64.0 Å². The smallest absolute Gasteiger partial charge is 0.266 e. The molecule has 1 fully saturated rings. The van der Waals surface area contributed by atoms with Gasteiger partial charge < -0.3 is 14.6 Å². The van der Waals surface area contributed by atoms with Crippen LogP contribution >= 0.6 is 35.6 Å². The molecular formula is C18H11ClNO4S2-. The van der Waals surface area contributed by atoms with Gasteiger partial charge in [0.25, 0.3) is 5.91 Å². The molecule has 1 amide bonds. The molecule has 0 aromatic heterocycles. The highest BCUT2D eigenvalue weighted by Gasteiger charge is 2.31. The van der Waals surface area contributed by atoms with E-state index in [0.29, 0.717) is 21.4 Å². The molecular weight excluding hydrogens is 394 g/mol. The van der Waals surface area contributed by atoms with Gasteiger partial charge in [-0.2, -0.15) is 0 Å². The van der Waals surface area contributed by atoms with Crippen LogP contribution in [-0.4, -0.2) is 27.6 Å². The summed E-state index contributed by atoms with van der Waals surface area (Å²) in [5.74, 6) is -0.591. The molecule has 0 saturated carbocycles. The summed E-state index contributed by atoms with van der Waals surface area (Å²) in [5, 5.41) is 11.3. The van der Waals surface area contributed by atoms with Crippen LogP contribution in [0, 0.1) is 0 Å². The maximum Gasteiger partial charge on any atom is 0.266 e. The fraction of sp³-hybridized carbons (Fsp3) is 0.0556. The van der Waals surface area contributed by atoms with Crippen LogP contribution in [0.25, 0.3) is 6.08 Å². The first-order valence-corrected chi connectivity index (χ1v) is 9.01. The molecule has 26 heavy (non-hydrogen) atoms. The zero-order valence-electron chi connectivity index (χ0n) is 13.2. The Hall–Kier alpha value is -2.35. The number of carbonyl (C=O) groups excluding carboxylic acids is 2. The maximum absolute atomic E-state index is 12.3. The number of ether oxygens (including phenoxy) is 1. The normalized spacial score (nSPS) is 15.6. The summed E-state index contributed by atoms with van der Waals surface area (Å²) >= 11 is 12.0. The molecule has 1 aliphatic rings. The Morgan fingerprint density at radius 2 is 1.96 bits per heavy atom. The Labute approximate surface area is 164 Å². The SMILES string of the molecule is O=C([O-])CN1C(=O)/C(=C\c2cccc(Oc3ccc(Cl)cc3)c2)SC1=S. The summed E-state index contributed by atoms with van der Waals surface area (Å²) in [6, 6.07) is 14.1. The molecule has 1 heterocycles. The number of aliphatic carboxylic acids is 1. The zero-order chi connectivity index (χ0) is 18.7. The van der Waals surface area contributed by atoms with Crippen LogP contribution in [0.5, 0.6) is 11.5 Å². The number of hydrogen-bond acceptors (Lipinski definition) is 6. The zero-order valence-corrected chi connectivity index (χ0v) is 15.6. The van der Waals surface area contributed by atoms with Crippen molar-refractivity contribution in [2.75, 3.05) is 6.54 Å². The second-order valence-corrected chi connectivity index (χ2v) is 7.38. The van der Waals surface area contributed by atoms with Crippen molar-refractivity contribution in [3.8, 4) is 11.5 Å². The summed E-state index contributed by atoms with van der Waals surface area (Å²) in [7, 11) is 0. The predicted molar refractivity (Wildman–Crippen MR) is 103 cm³/mol. The van der Waals surface area contributed by atoms with Crippen LogP contribution in [-0.2, 0) is 9.59 Å². The number of carboxylic acids is 1. The summed E-state index contributed by atoms with van der Waals surface area (Å²) in [4.78, 5) is 24.4. The summed E-state index contributed by atoms with van der Waals surface area (Å²) in [5.41, 5.74) is 0.727. The van der Waals surface area contributed by atoms with Gasteiger partial charge in [0.05, 0.1) is 17.4 Å². The van der Waals surface area contributed by atoms with Crippen molar-refractivity contribution in [1.82, 2.24) is 4.90 Å². The molecule has 0 N–H and O–H groups in total. The topological polar surface area (TPSA) is 69.7 Å². The second-order valence-electron chi connectivity index (χ2n) is 5.27. The van der Waals surface area contributed by atoms with E-state index >= 15 is 0 Å². The van der Waals surface area contributed by atoms with Crippen LogP contribution < -0.4 is 9.84 Å². The molecule has 5 nitrogen and oxygen atoms in total. The number of carbonyl (C=O) groups is 2. The van der Waals surface area contributed by atoms with Gasteiger partial charge in [0.2, 0.25) is 0 Å². The van der Waals surface area contributed by atoms with E-state index in [0.717, 1.165) is 22.2 Å². The van der Waals surface area contributed by atoms with Gasteiger partial charge in [-0.1, -0.05) is 47.7 Å². The minimum absolute atomic E-state index is 0.194. The van der Waals surface area contributed by atoms with E-state index < -0.39 is 18.4 Å². The third-order valence-electron chi connectivity index (χ3n) is 3.37. The van der Waals surface area contributed by atoms with Crippen LogP contribution in [0.15, 0.2) is 53.4 Å². The molecule has 8 heteroatoms. The second kappa shape index (κ2) is 7.90. The highest BCUT2D eigenvalue weighted by molar-refractivity contribution is 8.26. The average Bonchev–Trinajstić information content (AvgIpc) is 2.84. The van der Waals surface area contributed by atoms with E-state index in [2.05, 4.69) is 0 Å². The van der Waals surface area contributed by atoms with E-state index in [-0.39, 0.29) is 4.32 Å². The van der Waals surface area contributed by atoms with Gasteiger partial charge in [-0.25, -0.2) is 0 Å². The van der Waals surface area contributed by atoms with E-state index in [1.807, 2.05) is 0 Å². The Morgan fingerprint density at radius 3 is 2.65 bits per heavy atom. The first-order chi connectivity index (χ1) is 12.4. The number of carboxylic acid groups (broad SMARTS) is 1. The van der Waals surface area contributed by atoms with E-state index in [1.54, 1.807) is 54.6 Å². The van der Waals surface area contributed by atoms with E-state index in [1.165, 1.54) is 0 Å². The molecule has 0 unspecified atom stereocenters. The molecule has 3 rings (SSSR count). The van der Waals surface area contributed by atoms with Crippen molar-refractivity contribution in [3.63, 3.8) is 0 Å². The molecule has 1 saturated heterocycles. The minimum Gasteiger partial charge on any atom is -0.548 e. The molecule has 2 aromatic rings. The van der Waals surface area contributed by atoms with Crippen molar-refractivity contribution in [2.24, 2.45) is 0 Å². The van der Waals surface area contributed by atoms with Crippen molar-refractivity contribution in [2.45, 2.75) is 0 Å². The lowest BCUT2D eigenvalue weighted by Gasteiger charge is -2.14. The molecule has 132 valence electrons. The largest absolute Gasteiger partial charge is 0.548 e. The lowest BCUT2D eigenvalue weighted by molar-refractivity contribution is -0.305. The third kappa shape index (κ3) is 4.43. The van der Waals surface area contributed by atoms with Crippen LogP contribution in [0.4, 0.5) is 0 Å². The highest BCUT2D eigenvalue weighted by atomic mass is 35.5. The molecule has 2 aromatic carbocycles. The number of amides is 1. The van der Waals surface area contributed by atoms with Gasteiger partial charge in [-0.15, -0.1) is 0 Å². The van der Waals surface area contributed by atoms with Gasteiger partial charge in [-0.05, 0) is 48.0 Å². The molecule has 0 radical (unpaired) electrons. The standard InChI is InChI=1S/C18H12ClNO4S2/c19-12-4-6-13(7-5-12)24-14-3-1-2-11(8-14)9-15-17(23)20(10-16(21)22)18(25)26-15/h1-9H,10H2,(H,21,22)/p-1/b15-9+. The summed E-state index contributed by atoms with van der Waals surface area (Å²) < 4.78 is 5.95. The minimum atomic E-state index is -1.36. The van der Waals surface area contributed by atoms with Crippen LogP contribution in [0.3, 0.4) is 0 Å². The Morgan fingerprint density at radius 1 is 1.23 bits per heavy atom. The number of nitrogens with zero attached hydrogens (tertiary/aromatic N) is 1. The van der Waals surface area contributed by atoms with Crippen LogP contribution in [0.1, 0.15) is 5.56 Å². The highest BCUT2D eigenvalue weighted by Crippen LogP contribution is 2.33. The number of thioether (sulfide) groups is 1. The fourth-order valence-corrected chi connectivity index (χ4v) is 3.60. The van der Waals surface area contributed by atoms with Gasteiger partial charge in [0.1, 0.15) is 15.8 Å². The molecule has 0 spiro atoms. The van der Waals surface area contributed by atoms with Crippen LogP contribution in [0.2, 0.25) is 5.02 Å². The lowest BCUT2D eigenvalue weighted by atomic mass is 10.2. The van der Waals surface area contributed by atoms with Gasteiger partial charge in [0.15, 0.2) is 0 Å².